The van der Waals surface area contributed by atoms with Crippen molar-refractivity contribution in [2.24, 2.45) is 11.1 Å². The minimum Gasteiger partial charge on any atom is -0.478 e. The number of nitrogens with two attached hydrogens (primary N) is 1. The smallest absolute Gasteiger partial charge is 0.214 e. The van der Waals surface area contributed by atoms with E-state index in [0.29, 0.717) is 30.3 Å². The molecule has 0 bridgehead atoms. The fourth-order valence-corrected chi connectivity index (χ4v) is 3.17. The van der Waals surface area contributed by atoms with Crippen LogP contribution in [0, 0.1) is 11.2 Å². The van der Waals surface area contributed by atoms with Gasteiger partial charge in [-0.3, -0.25) is 0 Å². The molecule has 0 aliphatic heterocycles. The Morgan fingerprint density at radius 1 is 0.931 bits per heavy atom. The van der Waals surface area contributed by atoms with E-state index in [1.165, 1.54) is 6.07 Å². The molecular formula is C25H29FN2O. The Morgan fingerprint density at radius 3 is 2.38 bits per heavy atom. The first-order valence-electron chi connectivity index (χ1n) is 10.1. The highest BCUT2D eigenvalue weighted by Crippen LogP contribution is 2.30. The Balaban J connectivity index is 1.79. The predicted molar refractivity (Wildman–Crippen MR) is 117 cm³/mol. The van der Waals surface area contributed by atoms with E-state index >= 15 is 0 Å². The summed E-state index contributed by atoms with van der Waals surface area (Å²) < 4.78 is 20.3. The van der Waals surface area contributed by atoms with Crippen LogP contribution in [-0.2, 0) is 0 Å². The molecule has 0 amide bonds. The molecule has 0 atom stereocenters. The third kappa shape index (κ3) is 5.88. The van der Waals surface area contributed by atoms with Gasteiger partial charge >= 0.3 is 0 Å². The summed E-state index contributed by atoms with van der Waals surface area (Å²) in [5.74, 6) is 0.225. The standard InChI is InChI=1S/C25H29FN2O/c1-25(2,18-27)14-8-9-15-29-24-17-20(19-10-4-3-5-11-19)16-23(28-24)21-12-6-7-13-22(21)26/h3-7,10-13,16-17H,8-9,14-15,18,27H2,1-2H3. The van der Waals surface area contributed by atoms with Gasteiger partial charge in [-0.05, 0) is 60.5 Å². The second kappa shape index (κ2) is 9.66. The van der Waals surface area contributed by atoms with E-state index < -0.39 is 0 Å². The van der Waals surface area contributed by atoms with Gasteiger partial charge < -0.3 is 10.5 Å². The molecule has 3 nitrogen and oxygen atoms in total. The Morgan fingerprint density at radius 2 is 1.66 bits per heavy atom. The van der Waals surface area contributed by atoms with Crippen LogP contribution in [-0.4, -0.2) is 18.1 Å². The molecule has 0 unspecified atom stereocenters. The zero-order chi connectivity index (χ0) is 20.7. The van der Waals surface area contributed by atoms with Crippen LogP contribution < -0.4 is 10.5 Å². The van der Waals surface area contributed by atoms with Crippen LogP contribution in [0.2, 0.25) is 0 Å². The van der Waals surface area contributed by atoms with Crippen molar-refractivity contribution in [3.05, 3.63) is 72.5 Å². The largest absolute Gasteiger partial charge is 0.478 e. The van der Waals surface area contributed by atoms with E-state index in [0.717, 1.165) is 30.4 Å². The molecule has 0 aliphatic carbocycles. The maximum atomic E-state index is 14.3. The Bertz CT molecular complexity index is 925. The molecule has 0 radical (unpaired) electrons. The molecule has 0 aliphatic rings. The van der Waals surface area contributed by atoms with Crippen LogP contribution in [0.25, 0.3) is 22.4 Å². The molecule has 2 N–H and O–H groups in total. The third-order valence-corrected chi connectivity index (χ3v) is 5.11. The van der Waals surface area contributed by atoms with Gasteiger partial charge in [0.25, 0.3) is 0 Å². The lowest BCUT2D eigenvalue weighted by Crippen LogP contribution is -2.23. The lowest BCUT2D eigenvalue weighted by molar-refractivity contribution is 0.272. The van der Waals surface area contributed by atoms with Gasteiger partial charge in [-0.2, -0.15) is 0 Å². The highest BCUT2D eigenvalue weighted by molar-refractivity contribution is 5.72. The molecule has 0 saturated carbocycles. The molecule has 3 rings (SSSR count). The summed E-state index contributed by atoms with van der Waals surface area (Å²) in [5.41, 5.74) is 9.00. The minimum absolute atomic E-state index is 0.156. The fraction of sp³-hybridized carbons (Fsp3) is 0.320. The van der Waals surface area contributed by atoms with Crippen molar-refractivity contribution in [3.63, 3.8) is 0 Å². The van der Waals surface area contributed by atoms with Crippen molar-refractivity contribution < 1.29 is 9.13 Å². The van der Waals surface area contributed by atoms with Crippen molar-refractivity contribution in [3.8, 4) is 28.3 Å². The van der Waals surface area contributed by atoms with Crippen LogP contribution in [0.15, 0.2) is 66.7 Å². The third-order valence-electron chi connectivity index (χ3n) is 5.11. The second-order valence-electron chi connectivity index (χ2n) is 8.10. The Labute approximate surface area is 172 Å². The molecule has 4 heteroatoms. The molecule has 1 heterocycles. The van der Waals surface area contributed by atoms with E-state index in [1.807, 2.05) is 48.5 Å². The lowest BCUT2D eigenvalue weighted by Gasteiger charge is -2.21. The Kier molecular flexibility index (Phi) is 6.99. The highest BCUT2D eigenvalue weighted by Gasteiger charge is 2.15. The zero-order valence-corrected chi connectivity index (χ0v) is 17.2. The molecule has 152 valence electrons. The predicted octanol–water partition coefficient (Wildman–Crippen LogP) is 6.09. The van der Waals surface area contributed by atoms with Crippen LogP contribution in [0.3, 0.4) is 0 Å². The number of halogens is 1. The first-order valence-corrected chi connectivity index (χ1v) is 10.1. The summed E-state index contributed by atoms with van der Waals surface area (Å²) in [5, 5.41) is 0. The quantitative estimate of drug-likeness (QED) is 0.448. The summed E-state index contributed by atoms with van der Waals surface area (Å²) in [4.78, 5) is 4.57. The first kappa shape index (κ1) is 21.0. The summed E-state index contributed by atoms with van der Waals surface area (Å²) in [6.07, 6.45) is 3.03. The number of unbranched alkanes of at least 4 members (excludes halogenated alkanes) is 1. The molecule has 0 spiro atoms. The van der Waals surface area contributed by atoms with E-state index in [-0.39, 0.29) is 11.2 Å². The number of nitrogens with zero attached hydrogens (tertiary/aromatic N) is 1. The summed E-state index contributed by atoms with van der Waals surface area (Å²) in [7, 11) is 0. The van der Waals surface area contributed by atoms with E-state index in [1.54, 1.807) is 12.1 Å². The molecule has 3 aromatic rings. The molecular weight excluding hydrogens is 363 g/mol. The van der Waals surface area contributed by atoms with Crippen molar-refractivity contribution in [1.82, 2.24) is 4.98 Å². The minimum atomic E-state index is -0.292. The van der Waals surface area contributed by atoms with Gasteiger partial charge in [0.2, 0.25) is 5.88 Å². The number of aromatic nitrogens is 1. The summed E-state index contributed by atoms with van der Waals surface area (Å²) in [6.45, 7) is 5.61. The summed E-state index contributed by atoms with van der Waals surface area (Å²) in [6, 6.07) is 20.5. The lowest BCUT2D eigenvalue weighted by atomic mass is 9.87. The number of rotatable bonds is 9. The number of pyridine rings is 1. The normalized spacial score (nSPS) is 11.4. The maximum Gasteiger partial charge on any atom is 0.214 e. The zero-order valence-electron chi connectivity index (χ0n) is 17.2. The average molecular weight is 393 g/mol. The van der Waals surface area contributed by atoms with Crippen molar-refractivity contribution in [2.45, 2.75) is 33.1 Å². The number of benzene rings is 2. The van der Waals surface area contributed by atoms with Gasteiger partial charge in [-0.25, -0.2) is 9.37 Å². The van der Waals surface area contributed by atoms with Crippen LogP contribution in [0.4, 0.5) is 4.39 Å². The topological polar surface area (TPSA) is 48.1 Å². The first-order chi connectivity index (χ1) is 14.0. The van der Waals surface area contributed by atoms with Gasteiger partial charge in [-0.1, -0.05) is 56.3 Å². The molecule has 29 heavy (non-hydrogen) atoms. The number of hydrogen-bond donors (Lipinski definition) is 1. The SMILES string of the molecule is CC(C)(CN)CCCCOc1cc(-c2ccccc2)cc(-c2ccccc2F)n1. The summed E-state index contributed by atoms with van der Waals surface area (Å²) >= 11 is 0. The van der Waals surface area contributed by atoms with Gasteiger partial charge in [0.15, 0.2) is 0 Å². The Hall–Kier alpha value is -2.72. The number of ether oxygens (including phenoxy) is 1. The van der Waals surface area contributed by atoms with E-state index in [9.17, 15) is 4.39 Å². The monoisotopic (exact) mass is 392 g/mol. The van der Waals surface area contributed by atoms with Crippen LogP contribution in [0.5, 0.6) is 5.88 Å². The fourth-order valence-electron chi connectivity index (χ4n) is 3.17. The molecule has 0 fully saturated rings. The average Bonchev–Trinajstić information content (AvgIpc) is 2.74. The molecule has 0 saturated heterocycles. The van der Waals surface area contributed by atoms with Gasteiger partial charge in [0.1, 0.15) is 5.82 Å². The molecule has 1 aromatic heterocycles. The molecule has 2 aromatic carbocycles. The van der Waals surface area contributed by atoms with Crippen molar-refractivity contribution in [2.75, 3.05) is 13.2 Å². The van der Waals surface area contributed by atoms with Gasteiger partial charge in [0.05, 0.1) is 12.3 Å². The van der Waals surface area contributed by atoms with Crippen molar-refractivity contribution >= 4 is 0 Å². The second-order valence-corrected chi connectivity index (χ2v) is 8.10. The van der Waals surface area contributed by atoms with Crippen LogP contribution >= 0.6 is 0 Å². The van der Waals surface area contributed by atoms with Crippen molar-refractivity contribution in [1.29, 1.82) is 0 Å². The van der Waals surface area contributed by atoms with Crippen LogP contribution in [0.1, 0.15) is 33.1 Å². The van der Waals surface area contributed by atoms with Gasteiger partial charge in [-0.15, -0.1) is 0 Å². The van der Waals surface area contributed by atoms with E-state index in [4.69, 9.17) is 10.5 Å². The highest BCUT2D eigenvalue weighted by atomic mass is 19.1. The van der Waals surface area contributed by atoms with E-state index in [2.05, 4.69) is 18.8 Å². The van der Waals surface area contributed by atoms with Gasteiger partial charge in [0, 0.05) is 11.6 Å². The number of hydrogen-bond acceptors (Lipinski definition) is 3. The maximum absolute atomic E-state index is 14.3.